The molecule has 0 aromatic carbocycles. The summed E-state index contributed by atoms with van der Waals surface area (Å²) < 4.78 is 0. The summed E-state index contributed by atoms with van der Waals surface area (Å²) in [6.45, 7) is 0. The van der Waals surface area contributed by atoms with Gasteiger partial charge in [-0.15, -0.1) is 0 Å². The summed E-state index contributed by atoms with van der Waals surface area (Å²) in [5.41, 5.74) is 0. The molecule has 0 saturated heterocycles. The maximum Gasteiger partial charge on any atom is 1.00 e. The molecule has 0 rings (SSSR count). The van der Waals surface area contributed by atoms with Crippen LogP contribution in [0.25, 0.3) is 0 Å². The average molecular weight is 199 g/mol. The van der Waals surface area contributed by atoms with Crippen molar-refractivity contribution >= 4 is 5.97 Å². The van der Waals surface area contributed by atoms with Gasteiger partial charge >= 0.3 is 57.4 Å². The van der Waals surface area contributed by atoms with Crippen LogP contribution in [0.5, 0.6) is 0 Å². The second-order valence-corrected chi connectivity index (χ2v) is 1.77. The molecule has 0 fully saturated rings. The second kappa shape index (κ2) is 7.68. The minimum Gasteiger partial charge on any atom is -0.871 e. The molecule has 7 heteroatoms. The Balaban J connectivity index is 0. The van der Waals surface area contributed by atoms with E-state index in [2.05, 4.69) is 0 Å². The molecule has 0 aliphatic heterocycles. The van der Waals surface area contributed by atoms with Gasteiger partial charge in [0.05, 0.1) is 4.92 Å². The number of hydrogen-bond donors (Lipinski definition) is 1. The molecule has 0 atom stereocenters. The molecule has 0 aromatic heterocycles. The van der Waals surface area contributed by atoms with Gasteiger partial charge in [0.15, 0.2) is 0 Å². The van der Waals surface area contributed by atoms with Crippen molar-refractivity contribution in [1.82, 2.24) is 0 Å². The van der Waals surface area contributed by atoms with Crippen molar-refractivity contribution in [3.8, 4) is 0 Å². The number of aliphatic carboxylic acids is 1. The first-order valence-corrected chi connectivity index (χ1v) is 2.75. The summed E-state index contributed by atoms with van der Waals surface area (Å²) in [6, 6.07) is 0. The van der Waals surface area contributed by atoms with Gasteiger partial charge in [-0.1, -0.05) is 5.76 Å². The molecule has 0 spiro atoms. The first-order valence-electron chi connectivity index (χ1n) is 2.75. The Morgan fingerprint density at radius 3 is 2.33 bits per heavy atom. The molecule has 0 saturated carbocycles. The Hall–Kier alpha value is 0.0464. The zero-order valence-corrected chi connectivity index (χ0v) is 9.64. The van der Waals surface area contributed by atoms with Crippen molar-refractivity contribution in [2.75, 3.05) is 0 Å². The van der Waals surface area contributed by atoms with Gasteiger partial charge in [-0.25, -0.2) is 0 Å². The first-order chi connectivity index (χ1) is 5.02. The molecular formula is C5H6KNO5. The number of nitro groups is 1. The molecule has 0 amide bonds. The zero-order chi connectivity index (χ0) is 8.85. The Morgan fingerprint density at radius 2 is 2.00 bits per heavy atom. The number of nitrogens with zero attached hydrogens (tertiary/aromatic N) is 1. The van der Waals surface area contributed by atoms with Crippen molar-refractivity contribution in [2.45, 2.75) is 12.8 Å². The molecule has 0 unspecified atom stereocenters. The van der Waals surface area contributed by atoms with Gasteiger partial charge in [0, 0.05) is 6.42 Å². The quantitative estimate of drug-likeness (QED) is 0.217. The van der Waals surface area contributed by atoms with E-state index in [1.54, 1.807) is 0 Å². The summed E-state index contributed by atoms with van der Waals surface area (Å²) in [6.07, 6.45) is -0.428. The minimum absolute atomic E-state index is 0. The molecular weight excluding hydrogens is 193 g/mol. The van der Waals surface area contributed by atoms with Crippen molar-refractivity contribution in [2.24, 2.45) is 0 Å². The first kappa shape index (κ1) is 14.6. The van der Waals surface area contributed by atoms with Crippen LogP contribution >= 0.6 is 0 Å². The monoisotopic (exact) mass is 199 g/mol. The molecule has 0 aromatic rings. The van der Waals surface area contributed by atoms with Crippen LogP contribution in [-0.4, -0.2) is 16.0 Å². The minimum atomic E-state index is -1.14. The van der Waals surface area contributed by atoms with E-state index in [0.717, 1.165) is 0 Å². The fourth-order valence-corrected chi connectivity index (χ4v) is 0.412. The van der Waals surface area contributed by atoms with E-state index in [-0.39, 0.29) is 70.4 Å². The Bertz CT molecular complexity index is 202. The maximum atomic E-state index is 10.4. The summed E-state index contributed by atoms with van der Waals surface area (Å²) >= 11 is 0. The van der Waals surface area contributed by atoms with E-state index in [1.165, 1.54) is 0 Å². The van der Waals surface area contributed by atoms with Gasteiger partial charge in [-0.3, -0.25) is 14.9 Å². The number of carbonyl (C=O) groups is 1. The van der Waals surface area contributed by atoms with E-state index in [1.807, 2.05) is 0 Å². The van der Waals surface area contributed by atoms with Crippen molar-refractivity contribution < 1.29 is 71.3 Å². The summed E-state index contributed by atoms with van der Waals surface area (Å²) in [5, 5.41) is 28.1. The summed E-state index contributed by atoms with van der Waals surface area (Å²) in [5.74, 6) is -1.92. The van der Waals surface area contributed by atoms with E-state index in [9.17, 15) is 20.0 Å². The fraction of sp³-hybridized carbons (Fsp3) is 0.400. The third-order valence-electron chi connectivity index (χ3n) is 0.835. The van der Waals surface area contributed by atoms with Crippen molar-refractivity contribution in [3.05, 3.63) is 22.1 Å². The van der Waals surface area contributed by atoms with Gasteiger partial charge in [0.2, 0.25) is 6.20 Å². The van der Waals surface area contributed by atoms with E-state index in [0.29, 0.717) is 0 Å². The van der Waals surface area contributed by atoms with Crippen LogP contribution in [0, 0.1) is 10.1 Å². The Labute approximate surface area is 111 Å². The summed E-state index contributed by atoms with van der Waals surface area (Å²) in [7, 11) is 0. The largest absolute Gasteiger partial charge is 1.00 e. The zero-order valence-electron chi connectivity index (χ0n) is 6.52. The second-order valence-electron chi connectivity index (χ2n) is 1.77. The molecule has 0 heterocycles. The van der Waals surface area contributed by atoms with Crippen LogP contribution in [0.1, 0.15) is 12.8 Å². The van der Waals surface area contributed by atoms with Crippen LogP contribution in [-0.2, 0) is 4.79 Å². The molecule has 12 heavy (non-hydrogen) atoms. The van der Waals surface area contributed by atoms with Crippen molar-refractivity contribution in [1.29, 1.82) is 0 Å². The number of carboxylic acids is 1. The number of hydrogen-bond acceptors (Lipinski definition) is 4. The molecule has 0 radical (unpaired) electrons. The standard InChI is InChI=1S/C5H7NO5.K/c7-4(3-6(10)11)1-2-5(8)9;/h3,7H,1-2H2,(H,8,9);/q;+1/p-1. The summed E-state index contributed by atoms with van der Waals surface area (Å²) in [4.78, 5) is 18.6. The molecule has 0 aliphatic rings. The van der Waals surface area contributed by atoms with E-state index >= 15 is 0 Å². The Kier molecular flexibility index (Phi) is 9.32. The number of allylic oxidation sites excluding steroid dienone is 1. The van der Waals surface area contributed by atoms with Crippen LogP contribution in [0.3, 0.4) is 0 Å². The van der Waals surface area contributed by atoms with Crippen LogP contribution in [0.4, 0.5) is 0 Å². The fourth-order valence-electron chi connectivity index (χ4n) is 0.412. The Morgan fingerprint density at radius 1 is 1.50 bits per heavy atom. The topological polar surface area (TPSA) is 104 Å². The number of rotatable bonds is 4. The smallest absolute Gasteiger partial charge is 0.871 e. The average Bonchev–Trinajstić information content (AvgIpc) is 1.82. The van der Waals surface area contributed by atoms with Crippen LogP contribution in [0.2, 0.25) is 0 Å². The van der Waals surface area contributed by atoms with Gasteiger partial charge in [-0.2, -0.15) is 0 Å². The third kappa shape index (κ3) is 10.0. The molecule has 1 N–H and O–H groups in total. The van der Waals surface area contributed by atoms with Gasteiger partial charge in [-0.05, 0) is 6.42 Å². The van der Waals surface area contributed by atoms with Crippen molar-refractivity contribution in [3.63, 3.8) is 0 Å². The van der Waals surface area contributed by atoms with Gasteiger partial charge in [0.1, 0.15) is 0 Å². The molecule has 0 bridgehead atoms. The normalized spacial score (nSPS) is 10.2. The SMILES string of the molecule is O=C(O)CCC([O-])=C[N+](=O)[O-].[K+]. The molecule has 6 nitrogen and oxygen atoms in total. The third-order valence-corrected chi connectivity index (χ3v) is 0.835. The van der Waals surface area contributed by atoms with Crippen LogP contribution in [0.15, 0.2) is 12.0 Å². The predicted octanol–water partition coefficient (Wildman–Crippen LogP) is -3.67. The number of carboxylic acid groups (broad SMARTS) is 1. The van der Waals surface area contributed by atoms with Gasteiger partial charge < -0.3 is 10.2 Å². The van der Waals surface area contributed by atoms with E-state index < -0.39 is 16.7 Å². The van der Waals surface area contributed by atoms with Gasteiger partial charge in [0.25, 0.3) is 0 Å². The van der Waals surface area contributed by atoms with E-state index in [4.69, 9.17) is 5.11 Å². The predicted molar refractivity (Wildman–Crippen MR) is 31.9 cm³/mol. The molecule has 62 valence electrons. The maximum absolute atomic E-state index is 10.4. The van der Waals surface area contributed by atoms with Crippen LogP contribution < -0.4 is 56.5 Å². The molecule has 0 aliphatic carbocycles.